The molecule has 3 heteroatoms. The highest BCUT2D eigenvalue weighted by atomic mass is 16.4. The SMILES string of the molecule is CC(C)(Cc1ccc(O)cc1)C(=O)[O-]. The molecular weight excluding hydrogens is 180 g/mol. The highest BCUT2D eigenvalue weighted by Crippen LogP contribution is 2.22. The Balaban J connectivity index is 2.79. The van der Waals surface area contributed by atoms with Gasteiger partial charge in [0.25, 0.3) is 0 Å². The Morgan fingerprint density at radius 3 is 2.29 bits per heavy atom. The van der Waals surface area contributed by atoms with E-state index in [-0.39, 0.29) is 5.75 Å². The maximum atomic E-state index is 10.7. The van der Waals surface area contributed by atoms with Gasteiger partial charge in [0.05, 0.1) is 0 Å². The van der Waals surface area contributed by atoms with Crippen molar-refractivity contribution < 1.29 is 15.0 Å². The first kappa shape index (κ1) is 10.6. The van der Waals surface area contributed by atoms with E-state index >= 15 is 0 Å². The zero-order chi connectivity index (χ0) is 10.8. The van der Waals surface area contributed by atoms with E-state index in [1.165, 1.54) is 0 Å². The molecular formula is C11H13O3-. The van der Waals surface area contributed by atoms with Crippen LogP contribution in [0.5, 0.6) is 5.75 Å². The van der Waals surface area contributed by atoms with Crippen LogP contribution in [0.25, 0.3) is 0 Å². The lowest BCUT2D eigenvalue weighted by Gasteiger charge is -2.25. The second kappa shape index (κ2) is 3.70. The smallest absolute Gasteiger partial charge is 0.115 e. The van der Waals surface area contributed by atoms with E-state index in [0.29, 0.717) is 6.42 Å². The monoisotopic (exact) mass is 193 g/mol. The van der Waals surface area contributed by atoms with Crippen molar-refractivity contribution in [3.63, 3.8) is 0 Å². The molecule has 0 aliphatic rings. The maximum absolute atomic E-state index is 10.7. The number of benzene rings is 1. The molecule has 1 rings (SSSR count). The van der Waals surface area contributed by atoms with Gasteiger partial charge in [0.1, 0.15) is 5.75 Å². The van der Waals surface area contributed by atoms with Gasteiger partial charge in [0, 0.05) is 11.4 Å². The highest BCUT2D eigenvalue weighted by Gasteiger charge is 2.19. The number of aliphatic carboxylic acids is 1. The van der Waals surface area contributed by atoms with Gasteiger partial charge in [-0.3, -0.25) is 0 Å². The quantitative estimate of drug-likeness (QED) is 0.769. The topological polar surface area (TPSA) is 60.4 Å². The number of carbonyl (C=O) groups is 1. The molecule has 0 radical (unpaired) electrons. The summed E-state index contributed by atoms with van der Waals surface area (Å²) in [6.45, 7) is 3.24. The molecule has 0 fully saturated rings. The summed E-state index contributed by atoms with van der Waals surface area (Å²) in [4.78, 5) is 10.7. The lowest BCUT2D eigenvalue weighted by molar-refractivity contribution is -0.317. The van der Waals surface area contributed by atoms with Crippen LogP contribution in [0.4, 0.5) is 0 Å². The van der Waals surface area contributed by atoms with Gasteiger partial charge in [-0.15, -0.1) is 0 Å². The third-order valence-electron chi connectivity index (χ3n) is 2.13. The minimum Gasteiger partial charge on any atom is -0.550 e. The third kappa shape index (κ3) is 2.49. The first-order valence-electron chi connectivity index (χ1n) is 4.41. The third-order valence-corrected chi connectivity index (χ3v) is 2.13. The molecule has 0 heterocycles. The molecule has 0 aliphatic carbocycles. The fourth-order valence-corrected chi connectivity index (χ4v) is 1.20. The minimum atomic E-state index is -1.06. The van der Waals surface area contributed by atoms with E-state index in [9.17, 15) is 9.90 Å². The van der Waals surface area contributed by atoms with Crippen molar-refractivity contribution in [1.82, 2.24) is 0 Å². The molecule has 0 atom stereocenters. The van der Waals surface area contributed by atoms with Crippen molar-refractivity contribution in [2.24, 2.45) is 5.41 Å². The fraction of sp³-hybridized carbons (Fsp3) is 0.364. The predicted molar refractivity (Wildman–Crippen MR) is 50.6 cm³/mol. The van der Waals surface area contributed by atoms with Gasteiger partial charge in [-0.2, -0.15) is 0 Å². The van der Waals surface area contributed by atoms with E-state index in [1.807, 2.05) is 0 Å². The van der Waals surface area contributed by atoms with E-state index in [4.69, 9.17) is 5.11 Å². The molecule has 76 valence electrons. The zero-order valence-corrected chi connectivity index (χ0v) is 8.28. The Labute approximate surface area is 83.0 Å². The Kier molecular flexibility index (Phi) is 2.79. The fourth-order valence-electron chi connectivity index (χ4n) is 1.20. The molecule has 0 unspecified atom stereocenters. The molecule has 0 bridgehead atoms. The molecule has 0 saturated carbocycles. The van der Waals surface area contributed by atoms with Crippen LogP contribution >= 0.6 is 0 Å². The largest absolute Gasteiger partial charge is 0.550 e. The average molecular weight is 193 g/mol. The van der Waals surface area contributed by atoms with E-state index in [2.05, 4.69) is 0 Å². The number of carboxylic acid groups (broad SMARTS) is 1. The second-order valence-electron chi connectivity index (χ2n) is 4.01. The minimum absolute atomic E-state index is 0.181. The van der Waals surface area contributed by atoms with Crippen LogP contribution in [-0.2, 0) is 11.2 Å². The number of phenols is 1. The number of hydrogen-bond acceptors (Lipinski definition) is 3. The van der Waals surface area contributed by atoms with E-state index in [0.717, 1.165) is 5.56 Å². The molecule has 0 saturated heterocycles. The van der Waals surface area contributed by atoms with Crippen molar-refractivity contribution in [3.8, 4) is 5.75 Å². The summed E-state index contributed by atoms with van der Waals surface area (Å²) in [5, 5.41) is 19.8. The van der Waals surface area contributed by atoms with Crippen molar-refractivity contribution in [2.45, 2.75) is 20.3 Å². The normalized spacial score (nSPS) is 11.3. The molecule has 1 aromatic rings. The highest BCUT2D eigenvalue weighted by molar-refractivity contribution is 5.71. The van der Waals surface area contributed by atoms with Crippen LogP contribution in [-0.4, -0.2) is 11.1 Å². The van der Waals surface area contributed by atoms with Gasteiger partial charge < -0.3 is 15.0 Å². The molecule has 1 N–H and O–H groups in total. The summed E-state index contributed by atoms with van der Waals surface area (Å²) in [5.74, 6) is -0.884. The second-order valence-corrected chi connectivity index (χ2v) is 4.01. The summed E-state index contributed by atoms with van der Waals surface area (Å²) in [5.41, 5.74) is -0.00578. The Bertz CT molecular complexity index is 325. The maximum Gasteiger partial charge on any atom is 0.115 e. The number of hydrogen-bond donors (Lipinski definition) is 1. The van der Waals surface area contributed by atoms with Gasteiger partial charge in [-0.1, -0.05) is 26.0 Å². The predicted octanol–water partition coefficient (Wildman–Crippen LogP) is 0.711. The number of rotatable bonds is 3. The Hall–Kier alpha value is -1.51. The average Bonchev–Trinajstić information content (AvgIpc) is 2.08. The van der Waals surface area contributed by atoms with Crippen LogP contribution in [0, 0.1) is 5.41 Å². The van der Waals surface area contributed by atoms with Crippen LogP contribution < -0.4 is 5.11 Å². The van der Waals surface area contributed by atoms with Crippen LogP contribution in [0.1, 0.15) is 19.4 Å². The molecule has 0 spiro atoms. The zero-order valence-electron chi connectivity index (χ0n) is 8.28. The number of carbonyl (C=O) groups excluding carboxylic acids is 1. The van der Waals surface area contributed by atoms with Crippen molar-refractivity contribution in [3.05, 3.63) is 29.8 Å². The van der Waals surface area contributed by atoms with Gasteiger partial charge in [0.15, 0.2) is 0 Å². The Morgan fingerprint density at radius 2 is 1.86 bits per heavy atom. The summed E-state index contributed by atoms with van der Waals surface area (Å²) < 4.78 is 0. The Morgan fingerprint density at radius 1 is 1.36 bits per heavy atom. The molecule has 0 amide bonds. The number of phenolic OH excluding ortho intramolecular Hbond substituents is 1. The molecule has 0 aliphatic heterocycles. The van der Waals surface area contributed by atoms with Crippen molar-refractivity contribution in [2.75, 3.05) is 0 Å². The summed E-state index contributed by atoms with van der Waals surface area (Å²) in [6.07, 6.45) is 0.398. The van der Waals surface area contributed by atoms with Gasteiger partial charge >= 0.3 is 0 Å². The van der Waals surface area contributed by atoms with E-state index in [1.54, 1.807) is 38.1 Å². The number of carboxylic acids is 1. The van der Waals surface area contributed by atoms with E-state index < -0.39 is 11.4 Å². The lowest BCUT2D eigenvalue weighted by Crippen LogP contribution is -2.39. The summed E-state index contributed by atoms with van der Waals surface area (Å²) >= 11 is 0. The van der Waals surface area contributed by atoms with Crippen molar-refractivity contribution in [1.29, 1.82) is 0 Å². The van der Waals surface area contributed by atoms with Crippen LogP contribution in [0.3, 0.4) is 0 Å². The summed E-state index contributed by atoms with van der Waals surface area (Å²) in [7, 11) is 0. The lowest BCUT2D eigenvalue weighted by atomic mass is 9.86. The van der Waals surface area contributed by atoms with Gasteiger partial charge in [-0.05, 0) is 24.1 Å². The molecule has 1 aromatic carbocycles. The van der Waals surface area contributed by atoms with Gasteiger partial charge in [-0.25, -0.2) is 0 Å². The molecule has 0 aromatic heterocycles. The first-order valence-corrected chi connectivity index (χ1v) is 4.41. The molecule has 3 nitrogen and oxygen atoms in total. The van der Waals surface area contributed by atoms with Crippen molar-refractivity contribution >= 4 is 5.97 Å². The van der Waals surface area contributed by atoms with Crippen LogP contribution in [0.15, 0.2) is 24.3 Å². The standard InChI is InChI=1S/C11H14O3/c1-11(2,10(13)14)7-8-3-5-9(12)6-4-8/h3-6,12H,7H2,1-2H3,(H,13,14)/p-1. The molecule has 14 heavy (non-hydrogen) atoms. The van der Waals surface area contributed by atoms with Gasteiger partial charge in [0.2, 0.25) is 0 Å². The summed E-state index contributed by atoms with van der Waals surface area (Å²) in [6, 6.07) is 6.50. The number of aromatic hydroxyl groups is 1. The first-order chi connectivity index (χ1) is 6.42. The van der Waals surface area contributed by atoms with Crippen LogP contribution in [0.2, 0.25) is 0 Å².